The van der Waals surface area contributed by atoms with Gasteiger partial charge in [-0.15, -0.1) is 0 Å². The molecular formula is C17H32N2O. The highest BCUT2D eigenvalue weighted by atomic mass is 16.3. The number of nitrogens with zero attached hydrogens (tertiary/aromatic N) is 1. The van der Waals surface area contributed by atoms with Gasteiger partial charge in [-0.2, -0.15) is 0 Å². The molecule has 0 aliphatic heterocycles. The van der Waals surface area contributed by atoms with Gasteiger partial charge < -0.3 is 9.73 Å². The fourth-order valence-corrected chi connectivity index (χ4v) is 1.91. The topological polar surface area (TPSA) is 28.4 Å². The molecule has 0 aliphatic carbocycles. The molecule has 1 aromatic rings. The number of nitrogens with one attached hydrogen (secondary N) is 1. The largest absolute Gasteiger partial charge is 0.463 e. The zero-order chi connectivity index (χ0) is 15.6. The number of aryl methyl sites for hydroxylation is 1. The molecule has 0 saturated carbocycles. The third-order valence-corrected chi connectivity index (χ3v) is 4.14. The minimum absolute atomic E-state index is 0.111. The number of rotatable bonds is 6. The van der Waals surface area contributed by atoms with E-state index in [0.717, 1.165) is 31.0 Å². The van der Waals surface area contributed by atoms with Crippen molar-refractivity contribution in [2.24, 2.45) is 0 Å². The molecular weight excluding hydrogens is 248 g/mol. The van der Waals surface area contributed by atoms with Crippen LogP contribution in [0.25, 0.3) is 0 Å². The van der Waals surface area contributed by atoms with Crippen molar-refractivity contribution in [2.75, 3.05) is 7.05 Å². The first kappa shape index (κ1) is 17.3. The molecule has 0 atom stereocenters. The lowest BCUT2D eigenvalue weighted by atomic mass is 10.00. The van der Waals surface area contributed by atoms with Crippen molar-refractivity contribution in [3.63, 3.8) is 0 Å². The number of hydrogen-bond donors (Lipinski definition) is 1. The third kappa shape index (κ3) is 4.95. The van der Waals surface area contributed by atoms with E-state index in [2.05, 4.69) is 71.8 Å². The van der Waals surface area contributed by atoms with E-state index in [4.69, 9.17) is 4.42 Å². The van der Waals surface area contributed by atoms with Crippen molar-refractivity contribution in [3.8, 4) is 0 Å². The summed E-state index contributed by atoms with van der Waals surface area (Å²) in [6.45, 7) is 17.0. The van der Waals surface area contributed by atoms with E-state index < -0.39 is 0 Å². The Balaban J connectivity index is 2.70. The molecule has 0 fully saturated rings. The molecule has 1 aromatic heterocycles. The summed E-state index contributed by atoms with van der Waals surface area (Å²) in [5.41, 5.74) is 1.55. The maximum atomic E-state index is 6.02. The molecule has 1 heterocycles. The summed E-state index contributed by atoms with van der Waals surface area (Å²) in [7, 11) is 2.16. The lowest BCUT2D eigenvalue weighted by molar-refractivity contribution is 0.132. The Hall–Kier alpha value is -0.800. The van der Waals surface area contributed by atoms with Gasteiger partial charge in [0.2, 0.25) is 0 Å². The lowest BCUT2D eigenvalue weighted by Crippen LogP contribution is -2.39. The van der Waals surface area contributed by atoms with Crippen LogP contribution in [0, 0.1) is 6.92 Å². The molecule has 0 saturated heterocycles. The van der Waals surface area contributed by atoms with Crippen LogP contribution in [0.15, 0.2) is 10.5 Å². The molecule has 0 aliphatic rings. The third-order valence-electron chi connectivity index (χ3n) is 4.14. The van der Waals surface area contributed by atoms with Gasteiger partial charge in [0.25, 0.3) is 0 Å². The predicted octanol–water partition coefficient (Wildman–Crippen LogP) is 4.10. The molecule has 116 valence electrons. The van der Waals surface area contributed by atoms with Crippen LogP contribution in [0.2, 0.25) is 0 Å². The quantitative estimate of drug-likeness (QED) is 0.850. The Morgan fingerprint density at radius 1 is 1.20 bits per heavy atom. The Bertz CT molecular complexity index is 427. The SMILES string of the molecule is CCC(C)(C)N(C)Cc1cc(C)c(CNC(C)(C)C)o1. The van der Waals surface area contributed by atoms with Crippen LogP contribution in [0.4, 0.5) is 0 Å². The highest BCUT2D eigenvalue weighted by Gasteiger charge is 2.22. The molecule has 1 rings (SSSR count). The summed E-state index contributed by atoms with van der Waals surface area (Å²) in [4.78, 5) is 2.35. The average Bonchev–Trinajstić information content (AvgIpc) is 2.66. The van der Waals surface area contributed by atoms with Crippen molar-refractivity contribution >= 4 is 0 Å². The molecule has 20 heavy (non-hydrogen) atoms. The van der Waals surface area contributed by atoms with Crippen molar-refractivity contribution in [1.29, 1.82) is 0 Å². The summed E-state index contributed by atoms with van der Waals surface area (Å²) in [6, 6.07) is 2.17. The van der Waals surface area contributed by atoms with Crippen LogP contribution < -0.4 is 5.32 Å². The van der Waals surface area contributed by atoms with Crippen LogP contribution >= 0.6 is 0 Å². The first-order chi connectivity index (χ1) is 9.05. The van der Waals surface area contributed by atoms with Gasteiger partial charge in [0.15, 0.2) is 0 Å². The van der Waals surface area contributed by atoms with E-state index in [1.54, 1.807) is 0 Å². The standard InChI is InChI=1S/C17H32N2O/c1-9-17(6,7)19(8)12-14-10-13(2)15(20-14)11-18-16(3,4)5/h10,18H,9,11-12H2,1-8H3. The maximum Gasteiger partial charge on any atom is 0.120 e. The van der Waals surface area contributed by atoms with Crippen LogP contribution in [0.1, 0.15) is 65.0 Å². The molecule has 3 nitrogen and oxygen atoms in total. The van der Waals surface area contributed by atoms with Crippen molar-refractivity contribution in [1.82, 2.24) is 10.2 Å². The van der Waals surface area contributed by atoms with Crippen LogP contribution in [-0.4, -0.2) is 23.0 Å². The summed E-state index contributed by atoms with van der Waals surface area (Å²) in [5.74, 6) is 2.11. The highest BCUT2D eigenvalue weighted by Crippen LogP contribution is 2.22. The minimum atomic E-state index is 0.111. The molecule has 1 N–H and O–H groups in total. The number of furan rings is 1. The van der Waals surface area contributed by atoms with Crippen LogP contribution in [-0.2, 0) is 13.1 Å². The van der Waals surface area contributed by atoms with Gasteiger partial charge in [0, 0.05) is 11.1 Å². The molecule has 0 spiro atoms. The van der Waals surface area contributed by atoms with E-state index in [-0.39, 0.29) is 11.1 Å². The van der Waals surface area contributed by atoms with E-state index in [0.29, 0.717) is 0 Å². The second-order valence-corrected chi connectivity index (χ2v) is 7.44. The first-order valence-corrected chi connectivity index (χ1v) is 7.59. The average molecular weight is 280 g/mol. The minimum Gasteiger partial charge on any atom is -0.463 e. The normalized spacial score (nSPS) is 13.2. The monoisotopic (exact) mass is 280 g/mol. The molecule has 3 heteroatoms. The summed E-state index contributed by atoms with van der Waals surface area (Å²) in [6.07, 6.45) is 1.13. The van der Waals surface area contributed by atoms with Crippen molar-refractivity contribution in [2.45, 2.75) is 79.1 Å². The van der Waals surface area contributed by atoms with E-state index >= 15 is 0 Å². The van der Waals surface area contributed by atoms with Crippen LogP contribution in [0.5, 0.6) is 0 Å². The van der Waals surface area contributed by atoms with Crippen molar-refractivity contribution in [3.05, 3.63) is 23.2 Å². The second kappa shape index (κ2) is 6.31. The van der Waals surface area contributed by atoms with E-state index in [9.17, 15) is 0 Å². The first-order valence-electron chi connectivity index (χ1n) is 7.59. The van der Waals surface area contributed by atoms with Crippen LogP contribution in [0.3, 0.4) is 0 Å². The van der Waals surface area contributed by atoms with Gasteiger partial charge in [0.05, 0.1) is 13.1 Å². The Morgan fingerprint density at radius 3 is 2.30 bits per heavy atom. The predicted molar refractivity (Wildman–Crippen MR) is 85.9 cm³/mol. The van der Waals surface area contributed by atoms with E-state index in [1.807, 2.05) is 0 Å². The fourth-order valence-electron chi connectivity index (χ4n) is 1.91. The molecule has 0 unspecified atom stereocenters. The molecule has 0 bridgehead atoms. The number of hydrogen-bond acceptors (Lipinski definition) is 3. The fraction of sp³-hybridized carbons (Fsp3) is 0.765. The lowest BCUT2D eigenvalue weighted by Gasteiger charge is -2.34. The zero-order valence-corrected chi connectivity index (χ0v) is 14.6. The Labute approximate surface area is 124 Å². The van der Waals surface area contributed by atoms with Crippen molar-refractivity contribution < 1.29 is 4.42 Å². The second-order valence-electron chi connectivity index (χ2n) is 7.44. The van der Waals surface area contributed by atoms with Gasteiger partial charge in [-0.05, 0) is 66.6 Å². The maximum absolute atomic E-state index is 6.02. The van der Waals surface area contributed by atoms with Gasteiger partial charge in [-0.25, -0.2) is 0 Å². The summed E-state index contributed by atoms with van der Waals surface area (Å²) in [5, 5.41) is 3.48. The van der Waals surface area contributed by atoms with Gasteiger partial charge in [-0.1, -0.05) is 6.92 Å². The molecule has 0 amide bonds. The van der Waals surface area contributed by atoms with Gasteiger partial charge >= 0.3 is 0 Å². The van der Waals surface area contributed by atoms with Gasteiger partial charge in [-0.3, -0.25) is 4.90 Å². The molecule has 0 aromatic carbocycles. The Morgan fingerprint density at radius 2 is 1.80 bits per heavy atom. The highest BCUT2D eigenvalue weighted by molar-refractivity contribution is 5.20. The van der Waals surface area contributed by atoms with Gasteiger partial charge in [0.1, 0.15) is 11.5 Å². The van der Waals surface area contributed by atoms with E-state index in [1.165, 1.54) is 5.56 Å². The molecule has 0 radical (unpaired) electrons. The smallest absolute Gasteiger partial charge is 0.120 e. The summed E-state index contributed by atoms with van der Waals surface area (Å²) >= 11 is 0. The summed E-state index contributed by atoms with van der Waals surface area (Å²) < 4.78 is 6.02. The zero-order valence-electron chi connectivity index (χ0n) is 14.6. The Kier molecular flexibility index (Phi) is 5.45.